The van der Waals surface area contributed by atoms with Crippen LogP contribution in [0.5, 0.6) is 0 Å². The molecule has 2 aromatic heterocycles. The normalized spacial score (nSPS) is 18.8. The summed E-state index contributed by atoms with van der Waals surface area (Å²) in [6, 6.07) is 1.87. The van der Waals surface area contributed by atoms with Crippen molar-refractivity contribution >= 4 is 33.4 Å². The van der Waals surface area contributed by atoms with E-state index in [4.69, 9.17) is 9.84 Å². The first-order valence-electron chi connectivity index (χ1n) is 7.48. The molecule has 1 amide bonds. The molecule has 7 nitrogen and oxygen atoms in total. The van der Waals surface area contributed by atoms with Crippen LogP contribution in [0.25, 0.3) is 10.2 Å². The Morgan fingerprint density at radius 2 is 2.22 bits per heavy atom. The van der Waals surface area contributed by atoms with Crippen molar-refractivity contribution in [3.8, 4) is 0 Å². The van der Waals surface area contributed by atoms with Gasteiger partial charge in [-0.2, -0.15) is 5.10 Å². The van der Waals surface area contributed by atoms with Gasteiger partial charge in [-0.3, -0.25) is 9.48 Å². The molecule has 2 aromatic rings. The summed E-state index contributed by atoms with van der Waals surface area (Å²) in [7, 11) is 1.87. The quantitative estimate of drug-likeness (QED) is 0.921. The average Bonchev–Trinajstić information content (AvgIpc) is 3.07. The predicted octanol–water partition coefficient (Wildman–Crippen LogP) is 1.68. The number of amides is 1. The number of fused-ring (bicyclic) bond motifs is 1. The van der Waals surface area contributed by atoms with Crippen LogP contribution in [-0.2, 0) is 16.6 Å². The van der Waals surface area contributed by atoms with Crippen LogP contribution < -0.4 is 0 Å². The van der Waals surface area contributed by atoms with Gasteiger partial charge in [0, 0.05) is 19.0 Å². The largest absolute Gasteiger partial charge is 0.479 e. The fourth-order valence-electron chi connectivity index (χ4n) is 2.74. The maximum atomic E-state index is 12.7. The zero-order valence-electron chi connectivity index (χ0n) is 13.3. The number of rotatable bonds is 3. The highest BCUT2D eigenvalue weighted by Gasteiger charge is 2.30. The van der Waals surface area contributed by atoms with E-state index in [1.54, 1.807) is 9.58 Å². The number of hydrogen-bond acceptors (Lipinski definition) is 5. The highest BCUT2D eigenvalue weighted by molar-refractivity contribution is 7.20. The Balaban J connectivity index is 1.89. The summed E-state index contributed by atoms with van der Waals surface area (Å²) < 4.78 is 6.96. The number of hydrogen-bond donors (Lipinski definition) is 1. The maximum Gasteiger partial charge on any atom is 0.334 e. The van der Waals surface area contributed by atoms with Gasteiger partial charge in [-0.1, -0.05) is 13.8 Å². The molecule has 1 N–H and O–H groups in total. The number of carbonyl (C=O) groups excluding carboxylic acids is 1. The number of thiophene rings is 1. The molecule has 23 heavy (non-hydrogen) atoms. The number of aromatic nitrogens is 2. The minimum Gasteiger partial charge on any atom is -0.479 e. The van der Waals surface area contributed by atoms with Gasteiger partial charge < -0.3 is 14.7 Å². The molecule has 0 unspecified atom stereocenters. The van der Waals surface area contributed by atoms with E-state index in [1.165, 1.54) is 11.3 Å². The standard InChI is InChI=1S/C15H19N3O4S/c1-8(2)12-9-6-11(23-14(9)17(3)16-12)13(19)18-4-5-22-10(7-18)15(20)21/h6,8,10H,4-5,7H2,1-3H3,(H,20,21)/t10-/m1/s1. The van der Waals surface area contributed by atoms with Gasteiger partial charge in [-0.05, 0) is 12.0 Å². The molecule has 0 radical (unpaired) electrons. The third-order valence-electron chi connectivity index (χ3n) is 3.93. The van der Waals surface area contributed by atoms with Crippen LogP contribution in [0.15, 0.2) is 6.07 Å². The first-order valence-corrected chi connectivity index (χ1v) is 8.30. The Hall–Kier alpha value is -1.93. The van der Waals surface area contributed by atoms with Gasteiger partial charge in [-0.25, -0.2) is 4.79 Å². The lowest BCUT2D eigenvalue weighted by molar-refractivity contribution is -0.154. The Morgan fingerprint density at radius 1 is 1.48 bits per heavy atom. The van der Waals surface area contributed by atoms with Crippen LogP contribution in [0.3, 0.4) is 0 Å². The van der Waals surface area contributed by atoms with Gasteiger partial charge in [0.15, 0.2) is 6.10 Å². The van der Waals surface area contributed by atoms with Crippen LogP contribution in [-0.4, -0.2) is 57.5 Å². The summed E-state index contributed by atoms with van der Waals surface area (Å²) in [6.45, 7) is 4.87. The van der Waals surface area contributed by atoms with Crippen molar-refractivity contribution in [3.05, 3.63) is 16.6 Å². The zero-order valence-corrected chi connectivity index (χ0v) is 14.1. The molecular formula is C15H19N3O4S. The number of aryl methyl sites for hydroxylation is 1. The second kappa shape index (κ2) is 5.93. The van der Waals surface area contributed by atoms with E-state index in [9.17, 15) is 9.59 Å². The van der Waals surface area contributed by atoms with Gasteiger partial charge in [0.25, 0.3) is 5.91 Å². The summed E-state index contributed by atoms with van der Waals surface area (Å²) in [6.07, 6.45) is -0.949. The van der Waals surface area contributed by atoms with E-state index in [2.05, 4.69) is 18.9 Å². The van der Waals surface area contributed by atoms with Crippen LogP contribution in [0, 0.1) is 0 Å². The van der Waals surface area contributed by atoms with Crippen LogP contribution in [0.4, 0.5) is 0 Å². The van der Waals surface area contributed by atoms with E-state index >= 15 is 0 Å². The molecule has 0 aliphatic carbocycles. The van der Waals surface area contributed by atoms with Crippen molar-refractivity contribution in [2.24, 2.45) is 7.05 Å². The van der Waals surface area contributed by atoms with Crippen LogP contribution >= 0.6 is 11.3 Å². The molecule has 1 saturated heterocycles. The number of carboxylic acid groups (broad SMARTS) is 1. The summed E-state index contributed by atoms with van der Waals surface area (Å²) in [5.74, 6) is -0.906. The highest BCUT2D eigenvalue weighted by Crippen LogP contribution is 2.32. The van der Waals surface area contributed by atoms with Gasteiger partial charge >= 0.3 is 5.97 Å². The lowest BCUT2D eigenvalue weighted by Crippen LogP contribution is -2.48. The topological polar surface area (TPSA) is 84.7 Å². The zero-order chi connectivity index (χ0) is 16.7. The number of carboxylic acids is 1. The molecule has 1 fully saturated rings. The summed E-state index contributed by atoms with van der Waals surface area (Å²) in [5.41, 5.74) is 0.975. The SMILES string of the molecule is CC(C)c1nn(C)c2sc(C(=O)N3CCO[C@@H](C(=O)O)C3)cc12. The van der Waals surface area contributed by atoms with E-state index in [0.717, 1.165) is 15.9 Å². The number of nitrogens with zero attached hydrogens (tertiary/aromatic N) is 3. The summed E-state index contributed by atoms with van der Waals surface area (Å²) >= 11 is 1.39. The molecule has 0 spiro atoms. The number of morpholine rings is 1. The van der Waals surface area contributed by atoms with Gasteiger partial charge in [0.1, 0.15) is 4.83 Å². The lowest BCUT2D eigenvalue weighted by Gasteiger charge is -2.30. The van der Waals surface area contributed by atoms with E-state index in [1.807, 2.05) is 13.1 Å². The number of ether oxygens (including phenoxy) is 1. The smallest absolute Gasteiger partial charge is 0.334 e. The van der Waals surface area contributed by atoms with Crippen molar-refractivity contribution in [2.45, 2.75) is 25.9 Å². The second-order valence-corrected chi connectivity index (χ2v) is 6.97. The molecule has 1 atom stereocenters. The molecule has 8 heteroatoms. The fraction of sp³-hybridized carbons (Fsp3) is 0.533. The molecule has 124 valence electrons. The minimum atomic E-state index is -1.04. The Kier molecular flexibility index (Phi) is 4.11. The number of carbonyl (C=O) groups is 2. The van der Waals surface area contributed by atoms with E-state index in [0.29, 0.717) is 11.4 Å². The Morgan fingerprint density at radius 3 is 2.87 bits per heavy atom. The van der Waals surface area contributed by atoms with Crippen LogP contribution in [0.2, 0.25) is 0 Å². The average molecular weight is 337 g/mol. The molecule has 0 bridgehead atoms. The van der Waals surface area contributed by atoms with Gasteiger partial charge in [-0.15, -0.1) is 11.3 Å². The van der Waals surface area contributed by atoms with Gasteiger partial charge in [0.2, 0.25) is 0 Å². The fourth-order valence-corrected chi connectivity index (χ4v) is 3.78. The van der Waals surface area contributed by atoms with E-state index in [-0.39, 0.29) is 25.0 Å². The third kappa shape index (κ3) is 2.84. The first kappa shape index (κ1) is 15.9. The van der Waals surface area contributed by atoms with Crippen molar-refractivity contribution in [2.75, 3.05) is 19.7 Å². The molecule has 0 aromatic carbocycles. The Bertz CT molecular complexity index is 764. The lowest BCUT2D eigenvalue weighted by atomic mass is 10.1. The molecule has 1 aliphatic heterocycles. The number of aliphatic carboxylic acids is 1. The minimum absolute atomic E-state index is 0.0811. The molecule has 3 rings (SSSR count). The molecule has 3 heterocycles. The third-order valence-corrected chi connectivity index (χ3v) is 5.12. The van der Waals surface area contributed by atoms with Crippen molar-refractivity contribution < 1.29 is 19.4 Å². The Labute approximate surface area is 137 Å². The van der Waals surface area contributed by atoms with Crippen LogP contribution in [0.1, 0.15) is 35.1 Å². The van der Waals surface area contributed by atoms with Gasteiger partial charge in [0.05, 0.1) is 23.7 Å². The van der Waals surface area contributed by atoms with E-state index < -0.39 is 12.1 Å². The molecule has 0 saturated carbocycles. The predicted molar refractivity (Wildman–Crippen MR) is 86.0 cm³/mol. The second-order valence-electron chi connectivity index (χ2n) is 5.94. The monoisotopic (exact) mass is 337 g/mol. The summed E-state index contributed by atoms with van der Waals surface area (Å²) in [5, 5.41) is 14.6. The highest BCUT2D eigenvalue weighted by atomic mass is 32.1. The van der Waals surface area contributed by atoms with Crippen molar-refractivity contribution in [1.29, 1.82) is 0 Å². The van der Waals surface area contributed by atoms with Crippen molar-refractivity contribution in [3.63, 3.8) is 0 Å². The molecule has 1 aliphatic rings. The first-order chi connectivity index (χ1) is 10.9. The molecular weight excluding hydrogens is 318 g/mol. The summed E-state index contributed by atoms with van der Waals surface area (Å²) in [4.78, 5) is 26.9. The van der Waals surface area contributed by atoms with Crippen molar-refractivity contribution in [1.82, 2.24) is 14.7 Å². The maximum absolute atomic E-state index is 12.7.